The molecule has 0 saturated heterocycles. The second-order valence-electron chi connectivity index (χ2n) is 4.06. The molecule has 0 fully saturated rings. The molecule has 1 aliphatic heterocycles. The Morgan fingerprint density at radius 1 is 1.40 bits per heavy atom. The number of hydrazine groups is 1. The molecular weight excluding hydrogens is 275 g/mol. The smallest absolute Gasteiger partial charge is 0.419 e. The summed E-state index contributed by atoms with van der Waals surface area (Å²) in [5.74, 6) is -0.582. The van der Waals surface area contributed by atoms with E-state index in [1.54, 1.807) is 6.08 Å². The molecule has 0 unspecified atom stereocenters. The van der Waals surface area contributed by atoms with Crippen LogP contribution in [-0.4, -0.2) is 24.1 Å². The van der Waals surface area contributed by atoms with Crippen molar-refractivity contribution in [2.24, 2.45) is 5.73 Å². The van der Waals surface area contributed by atoms with Crippen molar-refractivity contribution in [3.8, 4) is 5.75 Å². The third kappa shape index (κ3) is 3.14. The summed E-state index contributed by atoms with van der Waals surface area (Å²) in [6.07, 6.45) is -2.96. The highest BCUT2D eigenvalue weighted by molar-refractivity contribution is 5.78. The Labute approximate surface area is 112 Å². The first kappa shape index (κ1) is 14.0. The van der Waals surface area contributed by atoms with E-state index in [1.165, 1.54) is 18.2 Å². The molecule has 5 nitrogen and oxygen atoms in total. The summed E-state index contributed by atoms with van der Waals surface area (Å²) in [6.45, 7) is -0.268. The number of alkyl halides is 3. The van der Waals surface area contributed by atoms with Crippen molar-refractivity contribution < 1.29 is 22.7 Å². The van der Waals surface area contributed by atoms with Crippen LogP contribution in [0.15, 0.2) is 36.2 Å². The van der Waals surface area contributed by atoms with Gasteiger partial charge in [0.25, 0.3) is 5.91 Å². The summed E-state index contributed by atoms with van der Waals surface area (Å²) in [5, 5.41) is 1.16. The molecule has 3 N–H and O–H groups in total. The molecular formula is C12H12F3N3O2. The molecule has 0 saturated carbocycles. The number of halogens is 3. The number of ether oxygens (including phenoxy) is 1. The lowest BCUT2D eigenvalue weighted by Gasteiger charge is -2.18. The normalized spacial score (nSPS) is 14.8. The Bertz CT molecular complexity index is 543. The van der Waals surface area contributed by atoms with E-state index >= 15 is 0 Å². The predicted octanol–water partition coefficient (Wildman–Crippen LogP) is 1.23. The van der Waals surface area contributed by atoms with Gasteiger partial charge in [-0.25, -0.2) is 5.01 Å². The first-order chi connectivity index (χ1) is 9.38. The summed E-state index contributed by atoms with van der Waals surface area (Å²) in [4.78, 5) is 11.7. The zero-order chi connectivity index (χ0) is 14.8. The zero-order valence-corrected chi connectivity index (χ0v) is 10.3. The SMILES string of the molecule is NC1=CCN(C(=O)COc2ccccc2C(F)(F)F)N1. The number of carbonyl (C=O) groups is 1. The van der Waals surface area contributed by atoms with Crippen LogP contribution in [0.1, 0.15) is 5.56 Å². The molecule has 0 bridgehead atoms. The summed E-state index contributed by atoms with van der Waals surface area (Å²) in [6, 6.07) is 4.72. The van der Waals surface area contributed by atoms with E-state index in [0.29, 0.717) is 5.82 Å². The lowest BCUT2D eigenvalue weighted by molar-refractivity contribution is -0.141. The van der Waals surface area contributed by atoms with E-state index in [4.69, 9.17) is 10.5 Å². The maximum absolute atomic E-state index is 12.7. The molecule has 0 aromatic heterocycles. The van der Waals surface area contributed by atoms with E-state index in [0.717, 1.165) is 11.1 Å². The van der Waals surface area contributed by atoms with Gasteiger partial charge in [-0.1, -0.05) is 12.1 Å². The van der Waals surface area contributed by atoms with E-state index in [1.807, 2.05) is 0 Å². The van der Waals surface area contributed by atoms with Gasteiger partial charge in [0, 0.05) is 0 Å². The number of para-hydroxylation sites is 1. The summed E-state index contributed by atoms with van der Waals surface area (Å²) < 4.78 is 43.1. The fraction of sp³-hybridized carbons (Fsp3) is 0.250. The number of amides is 1. The maximum atomic E-state index is 12.7. The van der Waals surface area contributed by atoms with Crippen LogP contribution in [0, 0.1) is 0 Å². The van der Waals surface area contributed by atoms with Gasteiger partial charge in [-0.15, -0.1) is 0 Å². The number of nitrogens with zero attached hydrogens (tertiary/aromatic N) is 1. The molecule has 0 spiro atoms. The number of carbonyl (C=O) groups excluding carboxylic acids is 1. The fourth-order valence-corrected chi connectivity index (χ4v) is 1.65. The maximum Gasteiger partial charge on any atom is 0.419 e. The average molecular weight is 287 g/mol. The Hall–Kier alpha value is -2.38. The third-order valence-electron chi connectivity index (χ3n) is 2.60. The molecule has 0 aliphatic carbocycles. The van der Waals surface area contributed by atoms with Crippen molar-refractivity contribution >= 4 is 5.91 Å². The van der Waals surface area contributed by atoms with Gasteiger partial charge in [0.1, 0.15) is 11.6 Å². The van der Waals surface area contributed by atoms with Gasteiger partial charge >= 0.3 is 6.18 Å². The highest BCUT2D eigenvalue weighted by atomic mass is 19.4. The average Bonchev–Trinajstić information content (AvgIpc) is 2.82. The Balaban J connectivity index is 2.00. The summed E-state index contributed by atoms with van der Waals surface area (Å²) in [7, 11) is 0. The second-order valence-corrected chi connectivity index (χ2v) is 4.06. The fourth-order valence-electron chi connectivity index (χ4n) is 1.65. The lowest BCUT2D eigenvalue weighted by atomic mass is 10.2. The predicted molar refractivity (Wildman–Crippen MR) is 64.1 cm³/mol. The Kier molecular flexibility index (Phi) is 3.73. The third-order valence-corrected chi connectivity index (χ3v) is 2.60. The second kappa shape index (κ2) is 5.32. The molecule has 1 heterocycles. The van der Waals surface area contributed by atoms with Crippen LogP contribution in [0.5, 0.6) is 5.75 Å². The highest BCUT2D eigenvalue weighted by Crippen LogP contribution is 2.35. The first-order valence-electron chi connectivity index (χ1n) is 5.69. The van der Waals surface area contributed by atoms with Gasteiger partial charge in [-0.05, 0) is 18.2 Å². The van der Waals surface area contributed by atoms with E-state index < -0.39 is 24.3 Å². The molecule has 2 rings (SSSR count). The topological polar surface area (TPSA) is 67.6 Å². The van der Waals surface area contributed by atoms with E-state index in [9.17, 15) is 18.0 Å². The quantitative estimate of drug-likeness (QED) is 0.877. The van der Waals surface area contributed by atoms with Gasteiger partial charge in [0.2, 0.25) is 0 Å². The minimum Gasteiger partial charge on any atom is -0.483 e. The van der Waals surface area contributed by atoms with Crippen molar-refractivity contribution in [1.29, 1.82) is 0 Å². The van der Waals surface area contributed by atoms with Crippen molar-refractivity contribution in [2.75, 3.05) is 13.2 Å². The summed E-state index contributed by atoms with van der Waals surface area (Å²) >= 11 is 0. The monoisotopic (exact) mass is 287 g/mol. The molecule has 20 heavy (non-hydrogen) atoms. The highest BCUT2D eigenvalue weighted by Gasteiger charge is 2.34. The van der Waals surface area contributed by atoms with Crippen molar-refractivity contribution in [3.05, 3.63) is 41.7 Å². The van der Waals surface area contributed by atoms with Gasteiger partial charge in [-0.2, -0.15) is 13.2 Å². The summed E-state index contributed by atoms with van der Waals surface area (Å²) in [5.41, 5.74) is 7.06. The van der Waals surface area contributed by atoms with Crippen LogP contribution in [0.4, 0.5) is 13.2 Å². The first-order valence-corrected chi connectivity index (χ1v) is 5.69. The van der Waals surface area contributed by atoms with Crippen LogP contribution in [0.2, 0.25) is 0 Å². The largest absolute Gasteiger partial charge is 0.483 e. The van der Waals surface area contributed by atoms with Crippen LogP contribution >= 0.6 is 0 Å². The van der Waals surface area contributed by atoms with Crippen LogP contribution in [0.25, 0.3) is 0 Å². The van der Waals surface area contributed by atoms with Crippen LogP contribution in [-0.2, 0) is 11.0 Å². The van der Waals surface area contributed by atoms with Gasteiger partial charge in [0.05, 0.1) is 12.1 Å². The molecule has 1 amide bonds. The Morgan fingerprint density at radius 2 is 2.10 bits per heavy atom. The molecule has 8 heteroatoms. The van der Waals surface area contributed by atoms with Gasteiger partial charge in [0.15, 0.2) is 6.61 Å². The Morgan fingerprint density at radius 3 is 2.70 bits per heavy atom. The molecule has 0 atom stereocenters. The number of rotatable bonds is 3. The lowest BCUT2D eigenvalue weighted by Crippen LogP contribution is -2.42. The van der Waals surface area contributed by atoms with Gasteiger partial charge < -0.3 is 10.5 Å². The van der Waals surface area contributed by atoms with Crippen LogP contribution < -0.4 is 15.9 Å². The van der Waals surface area contributed by atoms with E-state index in [2.05, 4.69) is 5.43 Å². The number of hydrogen-bond donors (Lipinski definition) is 2. The molecule has 108 valence electrons. The van der Waals surface area contributed by atoms with Crippen molar-refractivity contribution in [1.82, 2.24) is 10.4 Å². The number of hydrogen-bond acceptors (Lipinski definition) is 4. The minimum atomic E-state index is -4.53. The molecule has 1 aromatic rings. The number of benzene rings is 1. The molecule has 1 aliphatic rings. The van der Waals surface area contributed by atoms with Gasteiger partial charge in [-0.3, -0.25) is 10.2 Å². The van der Waals surface area contributed by atoms with Crippen molar-refractivity contribution in [2.45, 2.75) is 6.18 Å². The molecule has 1 aromatic carbocycles. The van der Waals surface area contributed by atoms with Crippen molar-refractivity contribution in [3.63, 3.8) is 0 Å². The number of nitrogens with two attached hydrogens (primary N) is 1. The van der Waals surface area contributed by atoms with E-state index in [-0.39, 0.29) is 12.3 Å². The minimum absolute atomic E-state index is 0.245. The molecule has 0 radical (unpaired) electrons. The zero-order valence-electron chi connectivity index (χ0n) is 10.3. The standard InChI is InChI=1S/C12H12F3N3O2/c13-12(14,15)8-3-1-2-4-9(8)20-7-11(19)18-6-5-10(16)17-18/h1-5,17H,6-7,16H2. The number of nitrogens with one attached hydrogen (secondary N) is 1. The van der Waals surface area contributed by atoms with Crippen LogP contribution in [0.3, 0.4) is 0 Å².